The number of halogens is 1. The number of aromatic amines is 1. The van der Waals surface area contributed by atoms with Crippen LogP contribution >= 0.6 is 23.4 Å². The lowest BCUT2D eigenvalue weighted by Crippen LogP contribution is -2.27. The van der Waals surface area contributed by atoms with Gasteiger partial charge in [-0.1, -0.05) is 18.5 Å². The molecule has 1 aromatic carbocycles. The zero-order valence-electron chi connectivity index (χ0n) is 17.8. The average Bonchev–Trinajstić information content (AvgIpc) is 3.37. The molecule has 32 heavy (non-hydrogen) atoms. The van der Waals surface area contributed by atoms with Gasteiger partial charge in [-0.15, -0.1) is 0 Å². The van der Waals surface area contributed by atoms with Crippen molar-refractivity contribution >= 4 is 51.1 Å². The summed E-state index contributed by atoms with van der Waals surface area (Å²) in [5.74, 6) is 1.45. The lowest BCUT2D eigenvalue weighted by atomic mass is 10.2. The number of pyridine rings is 1. The largest absolute Gasteiger partial charge is 0.618 e. The normalized spacial score (nSPS) is 16.4. The number of methoxy groups -OCH3 is 1. The Hall–Kier alpha value is -2.75. The summed E-state index contributed by atoms with van der Waals surface area (Å²) in [6, 6.07) is 7.42. The number of ether oxygens (including phenoxy) is 1. The summed E-state index contributed by atoms with van der Waals surface area (Å²) in [5.41, 5.74) is 8.33. The highest BCUT2D eigenvalue weighted by Crippen LogP contribution is 2.38. The maximum Gasteiger partial charge on any atom is 0.228 e. The Labute approximate surface area is 194 Å². The SMILES string of the molecule is CCc1[nH]c2nc(Sc3ccc4c(OC)cc[n+]([O-])c4c3)nc(N3CC[C@@H](N)C3)c2c1Cl. The van der Waals surface area contributed by atoms with Gasteiger partial charge in [-0.05, 0) is 36.7 Å². The van der Waals surface area contributed by atoms with Gasteiger partial charge in [-0.2, -0.15) is 4.73 Å². The molecule has 0 aliphatic carbocycles. The predicted octanol–water partition coefficient (Wildman–Crippen LogP) is 3.66. The van der Waals surface area contributed by atoms with Gasteiger partial charge in [0, 0.05) is 41.9 Å². The van der Waals surface area contributed by atoms with E-state index in [0.29, 0.717) is 27.1 Å². The van der Waals surface area contributed by atoms with E-state index in [9.17, 15) is 5.21 Å². The highest BCUT2D eigenvalue weighted by Gasteiger charge is 2.26. The number of nitrogens with zero attached hydrogens (tertiary/aromatic N) is 4. The van der Waals surface area contributed by atoms with Crippen molar-refractivity contribution in [3.05, 3.63) is 46.4 Å². The molecule has 0 bridgehead atoms. The molecule has 4 aromatic rings. The number of rotatable bonds is 5. The number of nitrogens with one attached hydrogen (secondary N) is 1. The van der Waals surface area contributed by atoms with Crippen LogP contribution in [0.1, 0.15) is 19.0 Å². The topological polar surface area (TPSA) is 107 Å². The van der Waals surface area contributed by atoms with Crippen molar-refractivity contribution in [2.45, 2.75) is 35.9 Å². The minimum Gasteiger partial charge on any atom is -0.618 e. The molecule has 1 atom stereocenters. The fraction of sp³-hybridized carbons (Fsp3) is 0.318. The Bertz CT molecular complexity index is 1330. The molecule has 10 heteroatoms. The summed E-state index contributed by atoms with van der Waals surface area (Å²) in [4.78, 5) is 16.0. The van der Waals surface area contributed by atoms with E-state index in [4.69, 9.17) is 32.0 Å². The zero-order chi connectivity index (χ0) is 22.4. The van der Waals surface area contributed by atoms with Crippen molar-refractivity contribution in [1.29, 1.82) is 0 Å². The summed E-state index contributed by atoms with van der Waals surface area (Å²) < 4.78 is 6.21. The van der Waals surface area contributed by atoms with Crippen molar-refractivity contribution in [2.75, 3.05) is 25.1 Å². The third-order valence-electron chi connectivity index (χ3n) is 5.76. The van der Waals surface area contributed by atoms with Crippen molar-refractivity contribution in [2.24, 2.45) is 5.73 Å². The molecule has 5 rings (SSSR count). The van der Waals surface area contributed by atoms with Crippen LogP contribution < -0.4 is 20.1 Å². The third kappa shape index (κ3) is 3.60. The van der Waals surface area contributed by atoms with Crippen LogP contribution in [0.3, 0.4) is 0 Å². The van der Waals surface area contributed by atoms with Crippen molar-refractivity contribution in [3.8, 4) is 5.75 Å². The molecule has 1 saturated heterocycles. The van der Waals surface area contributed by atoms with Crippen LogP contribution in [0.4, 0.5) is 5.82 Å². The van der Waals surface area contributed by atoms with Gasteiger partial charge in [0.1, 0.15) is 17.2 Å². The average molecular weight is 471 g/mol. The molecule has 166 valence electrons. The second-order valence-corrected chi connectivity index (χ2v) is 9.23. The first-order valence-electron chi connectivity index (χ1n) is 10.4. The molecule has 3 N–H and O–H groups in total. The third-order valence-corrected chi connectivity index (χ3v) is 7.04. The van der Waals surface area contributed by atoms with Crippen LogP contribution in [0.15, 0.2) is 40.5 Å². The maximum atomic E-state index is 12.3. The van der Waals surface area contributed by atoms with E-state index < -0.39 is 0 Å². The highest BCUT2D eigenvalue weighted by atomic mass is 35.5. The minimum atomic E-state index is 0.113. The van der Waals surface area contributed by atoms with Crippen LogP contribution in [0.2, 0.25) is 5.02 Å². The van der Waals surface area contributed by atoms with Crippen molar-refractivity contribution in [1.82, 2.24) is 15.0 Å². The van der Waals surface area contributed by atoms with Crippen LogP contribution in [-0.2, 0) is 6.42 Å². The fourth-order valence-corrected chi connectivity index (χ4v) is 5.26. The molecule has 1 fully saturated rings. The number of nitrogens with two attached hydrogens (primary N) is 1. The van der Waals surface area contributed by atoms with Gasteiger partial charge in [0.15, 0.2) is 11.4 Å². The molecule has 0 spiro atoms. The molecule has 0 saturated carbocycles. The van der Waals surface area contributed by atoms with E-state index >= 15 is 0 Å². The summed E-state index contributed by atoms with van der Waals surface area (Å²) in [5, 5.41) is 15.2. The molecule has 3 aromatic heterocycles. The highest BCUT2D eigenvalue weighted by molar-refractivity contribution is 7.99. The lowest BCUT2D eigenvalue weighted by molar-refractivity contribution is -0.577. The van der Waals surface area contributed by atoms with E-state index in [1.165, 1.54) is 18.0 Å². The van der Waals surface area contributed by atoms with E-state index in [1.807, 2.05) is 25.1 Å². The number of aryl methyl sites for hydroxylation is 1. The molecule has 0 amide bonds. The van der Waals surface area contributed by atoms with Crippen molar-refractivity contribution < 1.29 is 9.47 Å². The van der Waals surface area contributed by atoms with Gasteiger partial charge in [0.25, 0.3) is 0 Å². The molecular weight excluding hydrogens is 448 g/mol. The van der Waals surface area contributed by atoms with Gasteiger partial charge in [0.2, 0.25) is 5.52 Å². The van der Waals surface area contributed by atoms with Gasteiger partial charge in [-0.25, -0.2) is 9.97 Å². The molecule has 1 aliphatic heterocycles. The summed E-state index contributed by atoms with van der Waals surface area (Å²) in [6.07, 6.45) is 3.12. The standard InChI is InChI=1S/C22H23ClN6O2S/c1-3-15-19(23)18-20(25-15)26-22(27-21(18)28-8-6-12(24)11-28)32-13-4-5-14-16(10-13)29(30)9-7-17(14)31-2/h4-5,7,9-10,12H,3,6,8,11,24H2,1-2H3,(H,25,26,27)/t12-/m1/s1. The lowest BCUT2D eigenvalue weighted by Gasteiger charge is -2.18. The molecule has 8 nitrogen and oxygen atoms in total. The Balaban J connectivity index is 1.59. The Morgan fingerprint density at radius 3 is 2.94 bits per heavy atom. The number of hydrogen-bond donors (Lipinski definition) is 2. The second kappa shape index (κ2) is 8.31. The molecular formula is C22H23ClN6O2S. The van der Waals surface area contributed by atoms with E-state index in [1.54, 1.807) is 13.2 Å². The number of anilines is 1. The maximum absolute atomic E-state index is 12.3. The Morgan fingerprint density at radius 1 is 1.38 bits per heavy atom. The van der Waals surface area contributed by atoms with Crippen LogP contribution in [0, 0.1) is 5.21 Å². The van der Waals surface area contributed by atoms with Crippen LogP contribution in [0.25, 0.3) is 21.9 Å². The first-order valence-corrected chi connectivity index (χ1v) is 11.6. The predicted molar refractivity (Wildman–Crippen MR) is 127 cm³/mol. The molecule has 4 heterocycles. The zero-order valence-corrected chi connectivity index (χ0v) is 19.3. The van der Waals surface area contributed by atoms with Gasteiger partial charge in [0.05, 0.1) is 22.9 Å². The van der Waals surface area contributed by atoms with Crippen LogP contribution in [0.5, 0.6) is 5.75 Å². The first-order chi connectivity index (χ1) is 15.5. The smallest absolute Gasteiger partial charge is 0.228 e. The molecule has 0 radical (unpaired) electrons. The number of aromatic nitrogens is 4. The van der Waals surface area contributed by atoms with Gasteiger partial charge < -0.3 is 25.6 Å². The Kier molecular flexibility index (Phi) is 5.48. The van der Waals surface area contributed by atoms with E-state index in [2.05, 4.69) is 9.88 Å². The summed E-state index contributed by atoms with van der Waals surface area (Å²) >= 11 is 8.08. The first kappa shape index (κ1) is 21.1. The fourth-order valence-electron chi connectivity index (χ4n) is 4.12. The number of hydrogen-bond acceptors (Lipinski definition) is 7. The summed E-state index contributed by atoms with van der Waals surface area (Å²) in [7, 11) is 1.59. The van der Waals surface area contributed by atoms with Gasteiger partial charge >= 0.3 is 0 Å². The van der Waals surface area contributed by atoms with E-state index in [0.717, 1.165) is 57.8 Å². The monoisotopic (exact) mass is 470 g/mol. The minimum absolute atomic E-state index is 0.113. The van der Waals surface area contributed by atoms with E-state index in [-0.39, 0.29) is 6.04 Å². The summed E-state index contributed by atoms with van der Waals surface area (Å²) in [6.45, 7) is 3.60. The number of H-pyrrole nitrogens is 1. The molecule has 0 unspecified atom stereocenters. The number of benzene rings is 1. The quantitative estimate of drug-likeness (QED) is 0.260. The van der Waals surface area contributed by atoms with Crippen molar-refractivity contribution in [3.63, 3.8) is 0 Å². The van der Waals surface area contributed by atoms with Crippen LogP contribution in [-0.4, -0.2) is 41.2 Å². The molecule has 1 aliphatic rings. The number of fused-ring (bicyclic) bond motifs is 2. The van der Waals surface area contributed by atoms with Gasteiger partial charge in [-0.3, -0.25) is 0 Å². The second-order valence-electron chi connectivity index (χ2n) is 7.81. The Morgan fingerprint density at radius 2 is 2.22 bits per heavy atom.